The van der Waals surface area contributed by atoms with Gasteiger partial charge in [0, 0.05) is 5.39 Å². The van der Waals surface area contributed by atoms with Crippen molar-refractivity contribution >= 4 is 16.7 Å². The fourth-order valence-corrected chi connectivity index (χ4v) is 1.44. The number of nitrogens with zero attached hydrogens (tertiary/aromatic N) is 2. The first-order valence-corrected chi connectivity index (χ1v) is 4.25. The number of nitrogens with two attached hydrogens (primary N) is 1. The fourth-order valence-electron chi connectivity index (χ4n) is 1.44. The maximum atomic E-state index is 12.2. The molecule has 80 valence electrons. The lowest BCUT2D eigenvalue weighted by atomic mass is 10.2. The molecule has 6 heteroatoms. The van der Waals surface area contributed by atoms with Crippen molar-refractivity contribution in [2.75, 3.05) is 5.73 Å². The molecular formula is C9H8F3N3. The van der Waals surface area contributed by atoms with Gasteiger partial charge in [0.2, 0.25) is 0 Å². The van der Waals surface area contributed by atoms with E-state index in [0.29, 0.717) is 10.9 Å². The molecular weight excluding hydrogens is 207 g/mol. The number of halogens is 3. The number of rotatable bonds is 1. The number of hydrogen-bond acceptors (Lipinski definition) is 2. The number of benzene rings is 1. The molecule has 0 aliphatic carbocycles. The van der Waals surface area contributed by atoms with Crippen molar-refractivity contribution in [3.63, 3.8) is 0 Å². The van der Waals surface area contributed by atoms with Crippen LogP contribution in [0.25, 0.3) is 10.9 Å². The number of hydrogen-bond donors (Lipinski definition) is 1. The Morgan fingerprint density at radius 1 is 1.27 bits per heavy atom. The highest BCUT2D eigenvalue weighted by atomic mass is 19.4. The van der Waals surface area contributed by atoms with Crippen LogP contribution in [0.2, 0.25) is 0 Å². The second-order valence-electron chi connectivity index (χ2n) is 3.18. The zero-order valence-corrected chi connectivity index (χ0v) is 7.62. The van der Waals surface area contributed by atoms with Gasteiger partial charge in [-0.2, -0.15) is 18.3 Å². The third kappa shape index (κ3) is 1.88. The maximum Gasteiger partial charge on any atom is 0.408 e. The van der Waals surface area contributed by atoms with Gasteiger partial charge in [0.25, 0.3) is 0 Å². The molecule has 1 heterocycles. The molecule has 0 saturated heterocycles. The molecule has 0 aliphatic heterocycles. The number of anilines is 1. The monoisotopic (exact) mass is 215 g/mol. The molecule has 0 saturated carbocycles. The molecule has 0 amide bonds. The molecule has 15 heavy (non-hydrogen) atoms. The zero-order chi connectivity index (χ0) is 11.1. The molecule has 0 spiro atoms. The van der Waals surface area contributed by atoms with Crippen LogP contribution in [0.3, 0.4) is 0 Å². The van der Waals surface area contributed by atoms with E-state index >= 15 is 0 Å². The van der Waals surface area contributed by atoms with Gasteiger partial charge in [-0.15, -0.1) is 0 Å². The van der Waals surface area contributed by atoms with E-state index in [2.05, 4.69) is 5.10 Å². The van der Waals surface area contributed by atoms with Crippen LogP contribution in [0, 0.1) is 0 Å². The van der Waals surface area contributed by atoms with Crippen molar-refractivity contribution in [1.82, 2.24) is 9.78 Å². The van der Waals surface area contributed by atoms with Crippen LogP contribution in [0.5, 0.6) is 0 Å². The van der Waals surface area contributed by atoms with Crippen LogP contribution in [0.15, 0.2) is 24.3 Å². The minimum atomic E-state index is -4.29. The lowest BCUT2D eigenvalue weighted by Crippen LogP contribution is -2.18. The molecule has 2 rings (SSSR count). The van der Waals surface area contributed by atoms with Crippen molar-refractivity contribution < 1.29 is 13.2 Å². The molecule has 0 fully saturated rings. The SMILES string of the molecule is Nc1nn(CC(F)(F)F)c2ccccc12. The van der Waals surface area contributed by atoms with Crippen molar-refractivity contribution in [2.45, 2.75) is 12.7 Å². The van der Waals surface area contributed by atoms with Crippen LogP contribution in [-0.2, 0) is 6.54 Å². The Bertz CT molecular complexity index is 487. The van der Waals surface area contributed by atoms with E-state index in [-0.39, 0.29) is 5.82 Å². The highest BCUT2D eigenvalue weighted by Crippen LogP contribution is 2.24. The molecule has 0 aliphatic rings. The van der Waals surface area contributed by atoms with Crippen molar-refractivity contribution in [1.29, 1.82) is 0 Å². The first-order chi connectivity index (χ1) is 6.97. The minimum absolute atomic E-state index is 0.120. The molecule has 0 radical (unpaired) electrons. The highest BCUT2D eigenvalue weighted by Gasteiger charge is 2.29. The predicted molar refractivity (Wildman–Crippen MR) is 50.2 cm³/mol. The van der Waals surface area contributed by atoms with Gasteiger partial charge in [-0.3, -0.25) is 4.68 Å². The van der Waals surface area contributed by atoms with E-state index in [0.717, 1.165) is 4.68 Å². The van der Waals surface area contributed by atoms with Gasteiger partial charge in [-0.05, 0) is 12.1 Å². The summed E-state index contributed by atoms with van der Waals surface area (Å²) in [7, 11) is 0. The van der Waals surface area contributed by atoms with E-state index in [1.165, 1.54) is 0 Å². The molecule has 3 nitrogen and oxygen atoms in total. The van der Waals surface area contributed by atoms with Crippen molar-refractivity contribution in [2.24, 2.45) is 0 Å². The number of fused-ring (bicyclic) bond motifs is 1. The summed E-state index contributed by atoms with van der Waals surface area (Å²) in [6, 6.07) is 6.56. The van der Waals surface area contributed by atoms with Crippen LogP contribution < -0.4 is 5.73 Å². The van der Waals surface area contributed by atoms with E-state index in [4.69, 9.17) is 5.73 Å². The van der Waals surface area contributed by atoms with Gasteiger partial charge in [-0.25, -0.2) is 0 Å². The second-order valence-corrected chi connectivity index (χ2v) is 3.18. The summed E-state index contributed by atoms with van der Waals surface area (Å²) in [6.07, 6.45) is -4.29. The van der Waals surface area contributed by atoms with Crippen molar-refractivity contribution in [3.05, 3.63) is 24.3 Å². The maximum absolute atomic E-state index is 12.2. The predicted octanol–water partition coefficient (Wildman–Crippen LogP) is 2.18. The Hall–Kier alpha value is -1.72. The highest BCUT2D eigenvalue weighted by molar-refractivity contribution is 5.88. The van der Waals surface area contributed by atoms with E-state index in [1.54, 1.807) is 24.3 Å². The largest absolute Gasteiger partial charge is 0.408 e. The Labute approximate surface area is 83.3 Å². The van der Waals surface area contributed by atoms with Gasteiger partial charge in [0.1, 0.15) is 6.54 Å². The summed E-state index contributed by atoms with van der Waals surface area (Å²) in [5, 5.41) is 4.19. The van der Waals surface area contributed by atoms with Crippen LogP contribution in [0.1, 0.15) is 0 Å². The number of nitrogen functional groups attached to an aromatic ring is 1. The average molecular weight is 215 g/mol. The summed E-state index contributed by atoms with van der Waals surface area (Å²) in [5.74, 6) is 0.120. The van der Waals surface area contributed by atoms with Gasteiger partial charge in [0.05, 0.1) is 5.52 Å². The number of aromatic nitrogens is 2. The first kappa shape index (κ1) is 9.82. The molecule has 2 aromatic rings. The molecule has 2 N–H and O–H groups in total. The van der Waals surface area contributed by atoms with E-state index < -0.39 is 12.7 Å². The van der Waals surface area contributed by atoms with Crippen LogP contribution in [0.4, 0.5) is 19.0 Å². The smallest absolute Gasteiger partial charge is 0.382 e. The average Bonchev–Trinajstić information content (AvgIpc) is 2.42. The molecule has 1 aromatic carbocycles. The fraction of sp³-hybridized carbons (Fsp3) is 0.222. The molecule has 1 aromatic heterocycles. The summed E-state index contributed by atoms with van der Waals surface area (Å²) >= 11 is 0. The minimum Gasteiger partial charge on any atom is -0.382 e. The van der Waals surface area contributed by atoms with Crippen LogP contribution in [-0.4, -0.2) is 16.0 Å². The third-order valence-electron chi connectivity index (χ3n) is 2.02. The van der Waals surface area contributed by atoms with E-state index in [9.17, 15) is 13.2 Å². The van der Waals surface area contributed by atoms with E-state index in [1.807, 2.05) is 0 Å². The summed E-state index contributed by atoms with van der Waals surface area (Å²) in [4.78, 5) is 0. The topological polar surface area (TPSA) is 43.8 Å². The van der Waals surface area contributed by atoms with Gasteiger partial charge < -0.3 is 5.73 Å². The van der Waals surface area contributed by atoms with Gasteiger partial charge in [0.15, 0.2) is 5.82 Å². The molecule has 0 bridgehead atoms. The Kier molecular flexibility index (Phi) is 2.06. The molecule has 0 unspecified atom stereocenters. The van der Waals surface area contributed by atoms with Gasteiger partial charge >= 0.3 is 6.18 Å². The number of para-hydroxylation sites is 1. The lowest BCUT2D eigenvalue weighted by Gasteiger charge is -2.06. The summed E-state index contributed by atoms with van der Waals surface area (Å²) in [5.41, 5.74) is 5.89. The molecule has 0 atom stereocenters. The number of alkyl halides is 3. The standard InChI is InChI=1S/C9H8F3N3/c10-9(11,12)5-15-7-4-2-1-3-6(7)8(13)14-15/h1-4H,5H2,(H2,13,14). The normalized spacial score (nSPS) is 12.2. The first-order valence-electron chi connectivity index (χ1n) is 4.25. The quantitative estimate of drug-likeness (QED) is 0.792. The summed E-state index contributed by atoms with van der Waals surface area (Å²) < 4.78 is 37.4. The lowest BCUT2D eigenvalue weighted by molar-refractivity contribution is -0.141. The summed E-state index contributed by atoms with van der Waals surface area (Å²) in [6.45, 7) is -1.12. The Balaban J connectivity index is 2.53. The Morgan fingerprint density at radius 2 is 1.93 bits per heavy atom. The Morgan fingerprint density at radius 3 is 2.60 bits per heavy atom. The van der Waals surface area contributed by atoms with Crippen LogP contribution >= 0.6 is 0 Å². The van der Waals surface area contributed by atoms with Crippen molar-refractivity contribution in [3.8, 4) is 0 Å². The second kappa shape index (κ2) is 3.15. The zero-order valence-electron chi connectivity index (χ0n) is 7.62. The third-order valence-corrected chi connectivity index (χ3v) is 2.02. The van der Waals surface area contributed by atoms with Gasteiger partial charge in [-0.1, -0.05) is 12.1 Å².